The van der Waals surface area contributed by atoms with E-state index in [9.17, 15) is 18.4 Å². The number of anilines is 1. The van der Waals surface area contributed by atoms with E-state index in [2.05, 4.69) is 5.18 Å². The number of hydrogen-bond acceptors (Lipinski definition) is 6. The molecule has 8 heteroatoms. The molecule has 1 heterocycles. The van der Waals surface area contributed by atoms with E-state index in [-0.39, 0.29) is 17.0 Å². The minimum atomic E-state index is -4.15. The van der Waals surface area contributed by atoms with Crippen LogP contribution in [0.2, 0.25) is 0 Å². The minimum Gasteiger partial charge on any atom is -0.505 e. The normalized spacial score (nSPS) is 21.0. The Balaban J connectivity index is 2.62. The second-order valence-corrected chi connectivity index (χ2v) is 7.51. The second-order valence-electron chi connectivity index (χ2n) is 6.01. The van der Waals surface area contributed by atoms with Crippen molar-refractivity contribution in [3.8, 4) is 5.75 Å². The van der Waals surface area contributed by atoms with Gasteiger partial charge in [-0.05, 0) is 37.1 Å². The van der Waals surface area contributed by atoms with Gasteiger partial charge in [-0.3, -0.25) is 4.55 Å². The van der Waals surface area contributed by atoms with Crippen LogP contribution in [-0.2, 0) is 10.1 Å². The molecule has 0 aromatic heterocycles. The monoisotopic (exact) mass is 314 g/mol. The molecule has 1 aromatic carbocycles. The first-order valence-corrected chi connectivity index (χ1v) is 8.05. The Morgan fingerprint density at radius 3 is 2.57 bits per heavy atom. The van der Waals surface area contributed by atoms with Crippen LogP contribution in [0.15, 0.2) is 17.3 Å². The van der Waals surface area contributed by atoms with Gasteiger partial charge in [-0.25, -0.2) is 0 Å². The maximum Gasteiger partial charge on any atom is 0.265 e. The average molecular weight is 314 g/mol. The van der Waals surface area contributed by atoms with Crippen LogP contribution in [0.3, 0.4) is 0 Å². The predicted octanol–water partition coefficient (Wildman–Crippen LogP) is 2.38. The number of benzene rings is 1. The molecular weight excluding hydrogens is 296 g/mol. The van der Waals surface area contributed by atoms with E-state index in [0.717, 1.165) is 0 Å². The fourth-order valence-electron chi connectivity index (χ4n) is 2.85. The summed E-state index contributed by atoms with van der Waals surface area (Å²) in [7, 11) is -2.32. The molecule has 0 saturated heterocycles. The first kappa shape index (κ1) is 15.7. The Kier molecular flexibility index (Phi) is 3.71. The van der Waals surface area contributed by atoms with Crippen LogP contribution < -0.4 is 4.90 Å². The van der Waals surface area contributed by atoms with Crippen molar-refractivity contribution >= 4 is 21.5 Å². The van der Waals surface area contributed by atoms with Crippen molar-refractivity contribution in [1.29, 1.82) is 0 Å². The van der Waals surface area contributed by atoms with Crippen molar-refractivity contribution in [3.05, 3.63) is 22.6 Å². The van der Waals surface area contributed by atoms with Crippen LogP contribution in [0.4, 0.5) is 11.4 Å². The number of rotatable bonds is 3. The van der Waals surface area contributed by atoms with Crippen molar-refractivity contribution in [2.75, 3.05) is 17.7 Å². The number of fused-ring (bicyclic) bond motifs is 1. The molecule has 0 aliphatic carbocycles. The quantitative estimate of drug-likeness (QED) is 0.655. The summed E-state index contributed by atoms with van der Waals surface area (Å²) in [5, 5.41) is 12.5. The summed E-state index contributed by atoms with van der Waals surface area (Å²) in [6.07, 6.45) is 0.485. The van der Waals surface area contributed by atoms with E-state index in [4.69, 9.17) is 4.55 Å². The maximum atomic E-state index is 11.2. The molecule has 1 unspecified atom stereocenters. The second kappa shape index (κ2) is 4.96. The van der Waals surface area contributed by atoms with Crippen LogP contribution in [0, 0.1) is 4.91 Å². The highest BCUT2D eigenvalue weighted by molar-refractivity contribution is 7.85. The molecule has 0 fully saturated rings. The Hall–Kier alpha value is -1.67. The van der Waals surface area contributed by atoms with Crippen LogP contribution in [-0.4, -0.2) is 36.4 Å². The molecule has 2 rings (SSSR count). The SMILES string of the molecule is CN1c2cc(O)c(N=O)cc2C(CS(=O)(=O)O)CC1(C)C. The summed E-state index contributed by atoms with van der Waals surface area (Å²) in [5.41, 5.74) is 0.721. The summed E-state index contributed by atoms with van der Waals surface area (Å²) < 4.78 is 31.6. The van der Waals surface area contributed by atoms with Crippen molar-refractivity contribution in [2.45, 2.75) is 31.7 Å². The van der Waals surface area contributed by atoms with Gasteiger partial charge in [-0.1, -0.05) is 0 Å². The fraction of sp³-hybridized carbons (Fsp3) is 0.538. The highest BCUT2D eigenvalue weighted by atomic mass is 32.2. The lowest BCUT2D eigenvalue weighted by Crippen LogP contribution is -2.47. The minimum absolute atomic E-state index is 0.137. The van der Waals surface area contributed by atoms with Gasteiger partial charge < -0.3 is 10.0 Å². The molecule has 0 spiro atoms. The molecule has 1 aromatic rings. The fourth-order valence-corrected chi connectivity index (χ4v) is 3.66. The van der Waals surface area contributed by atoms with E-state index >= 15 is 0 Å². The van der Waals surface area contributed by atoms with Gasteiger partial charge in [-0.15, -0.1) is 4.91 Å². The molecule has 1 aliphatic heterocycles. The average Bonchev–Trinajstić information content (AvgIpc) is 2.33. The van der Waals surface area contributed by atoms with E-state index in [1.54, 1.807) is 0 Å². The zero-order valence-electron chi connectivity index (χ0n) is 12.1. The van der Waals surface area contributed by atoms with E-state index in [0.29, 0.717) is 17.7 Å². The number of nitroso groups, excluding NO2 is 1. The maximum absolute atomic E-state index is 11.2. The highest BCUT2D eigenvalue weighted by Crippen LogP contribution is 2.47. The summed E-state index contributed by atoms with van der Waals surface area (Å²) in [6.45, 7) is 3.88. The summed E-state index contributed by atoms with van der Waals surface area (Å²) in [5.74, 6) is -1.15. The standard InChI is InChI=1S/C13H18N2O5S/c1-13(2)6-8(7-21(18,19)20)9-4-10(14-17)12(16)5-11(9)15(13)3/h4-5,8,16H,6-7H2,1-3H3,(H,18,19,20). The van der Waals surface area contributed by atoms with E-state index in [1.807, 2.05) is 25.8 Å². The summed E-state index contributed by atoms with van der Waals surface area (Å²) in [4.78, 5) is 12.6. The smallest absolute Gasteiger partial charge is 0.265 e. The Morgan fingerprint density at radius 1 is 1.43 bits per heavy atom. The van der Waals surface area contributed by atoms with Gasteiger partial charge in [0, 0.05) is 30.3 Å². The first-order valence-electron chi connectivity index (χ1n) is 6.44. The number of phenols is 1. The number of aromatic hydroxyl groups is 1. The van der Waals surface area contributed by atoms with Gasteiger partial charge in [0.05, 0.1) is 5.75 Å². The topological polar surface area (TPSA) is 107 Å². The molecule has 116 valence electrons. The Morgan fingerprint density at radius 2 is 2.05 bits per heavy atom. The van der Waals surface area contributed by atoms with Gasteiger partial charge in [0.25, 0.3) is 10.1 Å². The molecule has 21 heavy (non-hydrogen) atoms. The lowest BCUT2D eigenvalue weighted by atomic mass is 9.80. The third-order valence-corrected chi connectivity index (χ3v) is 4.91. The molecule has 7 nitrogen and oxygen atoms in total. The van der Waals surface area contributed by atoms with Crippen LogP contribution in [0.1, 0.15) is 31.7 Å². The first-order chi connectivity index (χ1) is 9.55. The molecular formula is C13H18N2O5S. The molecule has 1 atom stereocenters. The largest absolute Gasteiger partial charge is 0.505 e. The van der Waals surface area contributed by atoms with Crippen LogP contribution >= 0.6 is 0 Å². The molecule has 0 radical (unpaired) electrons. The van der Waals surface area contributed by atoms with Gasteiger partial charge in [-0.2, -0.15) is 8.42 Å². The number of hydrogen-bond donors (Lipinski definition) is 2. The van der Waals surface area contributed by atoms with Gasteiger partial charge >= 0.3 is 0 Å². The van der Waals surface area contributed by atoms with E-state index < -0.39 is 21.8 Å². The predicted molar refractivity (Wildman–Crippen MR) is 79.8 cm³/mol. The zero-order chi connectivity index (χ0) is 16.0. The molecule has 1 aliphatic rings. The van der Waals surface area contributed by atoms with Gasteiger partial charge in [0.1, 0.15) is 11.4 Å². The molecule has 2 N–H and O–H groups in total. The van der Waals surface area contributed by atoms with E-state index in [1.165, 1.54) is 12.1 Å². The molecule has 0 bridgehead atoms. The highest BCUT2D eigenvalue weighted by Gasteiger charge is 2.38. The Bertz CT molecular complexity index is 684. The summed E-state index contributed by atoms with van der Waals surface area (Å²) >= 11 is 0. The Labute approximate surface area is 123 Å². The molecule has 0 amide bonds. The lowest BCUT2D eigenvalue weighted by molar-refractivity contribution is 0.387. The van der Waals surface area contributed by atoms with Crippen molar-refractivity contribution in [3.63, 3.8) is 0 Å². The van der Waals surface area contributed by atoms with Gasteiger partial charge in [0.2, 0.25) is 0 Å². The van der Waals surface area contributed by atoms with Crippen molar-refractivity contribution in [2.24, 2.45) is 5.18 Å². The van der Waals surface area contributed by atoms with Crippen LogP contribution in [0.5, 0.6) is 5.75 Å². The zero-order valence-corrected chi connectivity index (χ0v) is 12.9. The lowest BCUT2D eigenvalue weighted by Gasteiger charge is -2.46. The van der Waals surface area contributed by atoms with Crippen molar-refractivity contribution in [1.82, 2.24) is 0 Å². The summed E-state index contributed by atoms with van der Waals surface area (Å²) in [6, 6.07) is 2.79. The number of phenolic OH excluding ortho intramolecular Hbond substituents is 1. The van der Waals surface area contributed by atoms with Gasteiger partial charge in [0.15, 0.2) is 0 Å². The number of nitrogens with zero attached hydrogens (tertiary/aromatic N) is 2. The van der Waals surface area contributed by atoms with Crippen LogP contribution in [0.25, 0.3) is 0 Å². The third-order valence-electron chi connectivity index (χ3n) is 4.09. The molecule has 0 saturated carbocycles. The van der Waals surface area contributed by atoms with Crippen molar-refractivity contribution < 1.29 is 18.1 Å². The third kappa shape index (κ3) is 3.01.